The molecule has 0 bridgehead atoms. The van der Waals surface area contributed by atoms with E-state index in [1.165, 1.54) is 0 Å². The maximum absolute atomic E-state index is 12.5. The lowest BCUT2D eigenvalue weighted by atomic mass is 9.88. The third kappa shape index (κ3) is 1.63. The topological polar surface area (TPSA) is 0 Å². The van der Waals surface area contributed by atoms with Gasteiger partial charge < -0.3 is 0 Å². The molecule has 0 heterocycles. The van der Waals surface area contributed by atoms with Gasteiger partial charge in [-0.3, -0.25) is 0 Å². The molecule has 0 N–H and O–H groups in total. The molecular weight excluding hydrogens is 122 g/mol. The minimum atomic E-state index is -1.19. The van der Waals surface area contributed by atoms with Crippen LogP contribution in [-0.2, 0) is 0 Å². The summed E-state index contributed by atoms with van der Waals surface area (Å²) in [7, 11) is 0. The Morgan fingerprint density at radius 1 is 1.11 bits per heavy atom. The molecule has 3 unspecified atom stereocenters. The van der Waals surface area contributed by atoms with E-state index in [2.05, 4.69) is 0 Å². The summed E-state index contributed by atoms with van der Waals surface area (Å²) in [6, 6.07) is 0. The Balaban J connectivity index is 2.35. The molecule has 0 aromatic rings. The van der Waals surface area contributed by atoms with E-state index in [0.717, 1.165) is 6.42 Å². The van der Waals surface area contributed by atoms with Crippen molar-refractivity contribution in [3.8, 4) is 0 Å². The largest absolute Gasteiger partial charge is 0.244 e. The van der Waals surface area contributed by atoms with Crippen molar-refractivity contribution in [2.24, 2.45) is 5.92 Å². The number of rotatable bonds is 0. The van der Waals surface area contributed by atoms with Gasteiger partial charge in [-0.05, 0) is 25.2 Å². The Morgan fingerprint density at radius 2 is 1.78 bits per heavy atom. The molecule has 1 saturated carbocycles. The predicted molar refractivity (Wildman–Crippen MR) is 32.8 cm³/mol. The molecule has 1 rings (SSSR count). The van der Waals surface area contributed by atoms with Crippen molar-refractivity contribution in [3.63, 3.8) is 0 Å². The van der Waals surface area contributed by atoms with Crippen LogP contribution in [0.25, 0.3) is 0 Å². The Kier molecular flexibility index (Phi) is 2.04. The van der Waals surface area contributed by atoms with E-state index in [9.17, 15) is 8.78 Å². The summed E-state index contributed by atoms with van der Waals surface area (Å²) in [5.41, 5.74) is 0. The number of halogens is 2. The minimum Gasteiger partial charge on any atom is -0.244 e. The van der Waals surface area contributed by atoms with Crippen LogP contribution < -0.4 is 0 Å². The Hall–Kier alpha value is -0.140. The van der Waals surface area contributed by atoms with Crippen LogP contribution >= 0.6 is 0 Å². The van der Waals surface area contributed by atoms with Gasteiger partial charge in [0, 0.05) is 0 Å². The van der Waals surface area contributed by atoms with Gasteiger partial charge in [0.05, 0.1) is 0 Å². The highest BCUT2D eigenvalue weighted by molar-refractivity contribution is 4.77. The van der Waals surface area contributed by atoms with E-state index >= 15 is 0 Å². The van der Waals surface area contributed by atoms with E-state index in [1.807, 2.05) is 6.92 Å². The first-order chi connectivity index (χ1) is 4.20. The van der Waals surface area contributed by atoms with Crippen LogP contribution in [0.5, 0.6) is 0 Å². The van der Waals surface area contributed by atoms with Crippen molar-refractivity contribution in [2.45, 2.75) is 38.5 Å². The van der Waals surface area contributed by atoms with E-state index in [4.69, 9.17) is 0 Å². The maximum Gasteiger partial charge on any atom is 0.131 e. The zero-order valence-electron chi connectivity index (χ0n) is 5.61. The molecule has 1 fully saturated rings. The molecule has 0 nitrogen and oxygen atoms in total. The SMILES string of the molecule is CC1CCC(F)C(F)C1. The van der Waals surface area contributed by atoms with Crippen LogP contribution in [0.4, 0.5) is 8.78 Å². The molecule has 9 heavy (non-hydrogen) atoms. The van der Waals surface area contributed by atoms with Crippen LogP contribution in [-0.4, -0.2) is 12.3 Å². The quantitative estimate of drug-likeness (QED) is 0.477. The van der Waals surface area contributed by atoms with Crippen LogP contribution in [0, 0.1) is 5.92 Å². The Bertz CT molecular complexity index is 92.9. The summed E-state index contributed by atoms with van der Waals surface area (Å²) in [5.74, 6) is 0.381. The van der Waals surface area contributed by atoms with E-state index in [1.54, 1.807) is 0 Å². The van der Waals surface area contributed by atoms with Crippen molar-refractivity contribution >= 4 is 0 Å². The zero-order chi connectivity index (χ0) is 6.85. The first kappa shape index (κ1) is 6.97. The van der Waals surface area contributed by atoms with Gasteiger partial charge in [-0.25, -0.2) is 8.78 Å². The summed E-state index contributed by atoms with van der Waals surface area (Å²) in [5, 5.41) is 0. The van der Waals surface area contributed by atoms with Gasteiger partial charge in [0.15, 0.2) is 0 Å². The van der Waals surface area contributed by atoms with Crippen molar-refractivity contribution in [1.82, 2.24) is 0 Å². The van der Waals surface area contributed by atoms with E-state index < -0.39 is 12.3 Å². The van der Waals surface area contributed by atoms with Crippen molar-refractivity contribution in [3.05, 3.63) is 0 Å². The van der Waals surface area contributed by atoms with Crippen LogP contribution in [0.3, 0.4) is 0 Å². The monoisotopic (exact) mass is 134 g/mol. The fourth-order valence-corrected chi connectivity index (χ4v) is 1.27. The molecule has 3 atom stereocenters. The molecular formula is C7H12F2. The summed E-state index contributed by atoms with van der Waals surface area (Å²) < 4.78 is 24.8. The highest BCUT2D eigenvalue weighted by Gasteiger charge is 2.27. The second kappa shape index (κ2) is 2.63. The average Bonchev–Trinajstić information content (AvgIpc) is 1.80. The average molecular weight is 134 g/mol. The van der Waals surface area contributed by atoms with Gasteiger partial charge in [-0.1, -0.05) is 6.92 Å². The second-order valence-corrected chi connectivity index (χ2v) is 2.95. The first-order valence-electron chi connectivity index (χ1n) is 3.48. The van der Waals surface area contributed by atoms with Crippen LogP contribution in [0.1, 0.15) is 26.2 Å². The Labute approximate surface area is 54.3 Å². The standard InChI is InChI=1S/C7H12F2/c1-5-2-3-6(8)7(9)4-5/h5-7H,2-4H2,1H3. The fourth-order valence-electron chi connectivity index (χ4n) is 1.27. The van der Waals surface area contributed by atoms with E-state index in [-0.39, 0.29) is 0 Å². The van der Waals surface area contributed by atoms with Gasteiger partial charge in [0.25, 0.3) is 0 Å². The van der Waals surface area contributed by atoms with Gasteiger partial charge >= 0.3 is 0 Å². The summed E-state index contributed by atoms with van der Waals surface area (Å²) in [6.45, 7) is 1.97. The van der Waals surface area contributed by atoms with Crippen LogP contribution in [0.15, 0.2) is 0 Å². The van der Waals surface area contributed by atoms with Crippen molar-refractivity contribution in [2.75, 3.05) is 0 Å². The summed E-state index contributed by atoms with van der Waals surface area (Å²) in [4.78, 5) is 0. The third-order valence-electron chi connectivity index (χ3n) is 1.96. The molecule has 0 amide bonds. The number of hydrogen-bond donors (Lipinski definition) is 0. The van der Waals surface area contributed by atoms with Gasteiger partial charge in [-0.15, -0.1) is 0 Å². The smallest absolute Gasteiger partial charge is 0.131 e. The second-order valence-electron chi connectivity index (χ2n) is 2.95. The lowest BCUT2D eigenvalue weighted by Gasteiger charge is -2.23. The highest BCUT2D eigenvalue weighted by atomic mass is 19.2. The molecule has 0 spiro atoms. The zero-order valence-corrected chi connectivity index (χ0v) is 5.61. The molecule has 0 aromatic carbocycles. The minimum absolute atomic E-state index is 0.381. The molecule has 2 heteroatoms. The summed E-state index contributed by atoms with van der Waals surface area (Å²) >= 11 is 0. The molecule has 1 aliphatic carbocycles. The highest BCUT2D eigenvalue weighted by Crippen LogP contribution is 2.27. The molecule has 0 aliphatic heterocycles. The van der Waals surface area contributed by atoms with Gasteiger partial charge in [-0.2, -0.15) is 0 Å². The van der Waals surface area contributed by atoms with Crippen molar-refractivity contribution < 1.29 is 8.78 Å². The number of alkyl halides is 2. The van der Waals surface area contributed by atoms with E-state index in [0.29, 0.717) is 18.8 Å². The van der Waals surface area contributed by atoms with Crippen LogP contribution in [0.2, 0.25) is 0 Å². The summed E-state index contributed by atoms with van der Waals surface area (Å²) in [6.07, 6.45) is -0.680. The van der Waals surface area contributed by atoms with Gasteiger partial charge in [0.2, 0.25) is 0 Å². The molecule has 1 aliphatic rings. The van der Waals surface area contributed by atoms with Gasteiger partial charge in [0.1, 0.15) is 12.3 Å². The molecule has 0 aromatic heterocycles. The number of hydrogen-bond acceptors (Lipinski definition) is 0. The lowest BCUT2D eigenvalue weighted by Crippen LogP contribution is -2.25. The lowest BCUT2D eigenvalue weighted by molar-refractivity contribution is 0.0948. The normalized spacial score (nSPS) is 45.0. The molecule has 54 valence electrons. The molecule has 0 saturated heterocycles. The maximum atomic E-state index is 12.5. The molecule has 0 radical (unpaired) electrons. The first-order valence-corrected chi connectivity index (χ1v) is 3.48. The Morgan fingerprint density at radius 3 is 2.22 bits per heavy atom. The third-order valence-corrected chi connectivity index (χ3v) is 1.96. The van der Waals surface area contributed by atoms with Crippen molar-refractivity contribution in [1.29, 1.82) is 0 Å². The fraction of sp³-hybridized carbons (Fsp3) is 1.00. The predicted octanol–water partition coefficient (Wildman–Crippen LogP) is 2.48.